The van der Waals surface area contributed by atoms with E-state index in [0.717, 1.165) is 0 Å². The summed E-state index contributed by atoms with van der Waals surface area (Å²) >= 11 is 17.4. The Morgan fingerprint density at radius 2 is 1.83 bits per heavy atom. The van der Waals surface area contributed by atoms with Crippen molar-refractivity contribution in [3.05, 3.63) is 24.5 Å². The van der Waals surface area contributed by atoms with E-state index in [1.54, 1.807) is 12.2 Å². The molecule has 24 heavy (non-hydrogen) atoms. The van der Waals surface area contributed by atoms with Crippen LogP contribution in [0.2, 0.25) is 0 Å². The van der Waals surface area contributed by atoms with Crippen molar-refractivity contribution < 1.29 is 34.6 Å². The van der Waals surface area contributed by atoms with Crippen molar-refractivity contribution in [1.82, 2.24) is 0 Å². The number of halogens is 3. The number of aliphatic hydroxyl groups excluding tert-OH is 4. The first-order chi connectivity index (χ1) is 11.2. The van der Waals surface area contributed by atoms with Crippen molar-refractivity contribution in [2.24, 2.45) is 4.99 Å². The van der Waals surface area contributed by atoms with E-state index < -0.39 is 53.2 Å². The Bertz CT molecular complexity index is 520. The number of hydrogen-bond acceptors (Lipinski definition) is 8. The second kappa shape index (κ2) is 8.20. The average Bonchev–Trinajstić information content (AvgIpc) is 2.54. The number of allylic oxidation sites excluding steroid dienone is 2. The summed E-state index contributed by atoms with van der Waals surface area (Å²) in [5.74, 6) is -0.457. The lowest BCUT2D eigenvalue weighted by Gasteiger charge is -2.38. The Kier molecular flexibility index (Phi) is 6.74. The summed E-state index contributed by atoms with van der Waals surface area (Å²) < 4.78 is 13.6. The largest absolute Gasteiger partial charge is 0.459 e. The fourth-order valence-corrected chi connectivity index (χ4v) is 2.30. The van der Waals surface area contributed by atoms with Crippen LogP contribution < -0.4 is 0 Å². The van der Waals surface area contributed by atoms with Gasteiger partial charge in [0.05, 0.1) is 12.9 Å². The minimum absolute atomic E-state index is 0.457. The Morgan fingerprint density at radius 3 is 2.38 bits per heavy atom. The van der Waals surface area contributed by atoms with Crippen LogP contribution in [0.5, 0.6) is 0 Å². The van der Waals surface area contributed by atoms with Gasteiger partial charge in [-0.1, -0.05) is 40.9 Å². The molecule has 11 heteroatoms. The molecule has 2 aliphatic rings. The normalized spacial score (nSPS) is 37.2. The molecule has 0 aromatic rings. The first-order valence-electron chi connectivity index (χ1n) is 6.85. The molecule has 0 spiro atoms. The molecule has 2 aliphatic heterocycles. The van der Waals surface area contributed by atoms with E-state index >= 15 is 0 Å². The van der Waals surface area contributed by atoms with Gasteiger partial charge in [-0.25, -0.2) is 4.99 Å². The van der Waals surface area contributed by atoms with Crippen LogP contribution in [0.1, 0.15) is 0 Å². The van der Waals surface area contributed by atoms with Gasteiger partial charge < -0.3 is 34.6 Å². The van der Waals surface area contributed by atoms with Crippen molar-refractivity contribution in [3.8, 4) is 0 Å². The zero-order chi connectivity index (χ0) is 17.9. The Balaban J connectivity index is 2.21. The summed E-state index contributed by atoms with van der Waals surface area (Å²) in [6.07, 6.45) is -2.16. The van der Waals surface area contributed by atoms with Crippen LogP contribution >= 0.6 is 34.8 Å². The summed E-state index contributed by atoms with van der Waals surface area (Å²) in [6.45, 7) is -0.611. The molecule has 6 atom stereocenters. The van der Waals surface area contributed by atoms with Crippen LogP contribution in [-0.4, -0.2) is 73.7 Å². The molecule has 1 fully saturated rings. The van der Waals surface area contributed by atoms with E-state index in [1.165, 1.54) is 12.3 Å². The van der Waals surface area contributed by atoms with Crippen LogP contribution in [0, 0.1) is 0 Å². The van der Waals surface area contributed by atoms with Crippen molar-refractivity contribution in [2.75, 3.05) is 6.61 Å². The van der Waals surface area contributed by atoms with Gasteiger partial charge in [-0.3, -0.25) is 0 Å². The quantitative estimate of drug-likeness (QED) is 0.297. The fourth-order valence-electron chi connectivity index (χ4n) is 2.02. The monoisotopic (exact) mass is 403 g/mol. The molecule has 0 radical (unpaired) electrons. The molecular formula is C13H16Cl3NO7. The highest BCUT2D eigenvalue weighted by Crippen LogP contribution is 2.32. The number of rotatable bonds is 3. The molecular weight excluding hydrogens is 389 g/mol. The number of aliphatic hydroxyl groups is 4. The zero-order valence-electron chi connectivity index (χ0n) is 12.1. The minimum Gasteiger partial charge on any atom is -0.459 e. The highest BCUT2D eigenvalue weighted by molar-refractivity contribution is 6.76. The molecule has 0 saturated carbocycles. The lowest BCUT2D eigenvalue weighted by molar-refractivity contribution is -0.227. The number of aliphatic imine (C=N–C) groups is 1. The standard InChI is InChI=1S/C13H16Cl3NO7/c14-13(15,16)12(24-7-3-1-2-4-22-7)17-11-10(21)9(20)8(19)6(5-18)23-11/h1-4,6-11,18-21H,5H2/t6-,7?,8-,9+,10-,11?/m1/s1. The third kappa shape index (κ3) is 4.74. The first-order valence-corrected chi connectivity index (χ1v) is 7.98. The predicted octanol–water partition coefficient (Wildman–Crippen LogP) is -0.00220. The summed E-state index contributed by atoms with van der Waals surface area (Å²) in [5.41, 5.74) is 0. The molecule has 4 N–H and O–H groups in total. The number of hydrogen-bond donors (Lipinski definition) is 4. The van der Waals surface area contributed by atoms with E-state index in [9.17, 15) is 15.3 Å². The first kappa shape index (κ1) is 19.7. The predicted molar refractivity (Wildman–Crippen MR) is 85.7 cm³/mol. The summed E-state index contributed by atoms with van der Waals surface area (Å²) in [7, 11) is 0. The van der Waals surface area contributed by atoms with Crippen LogP contribution in [-0.2, 0) is 14.2 Å². The van der Waals surface area contributed by atoms with Gasteiger partial charge in [-0.15, -0.1) is 0 Å². The van der Waals surface area contributed by atoms with Gasteiger partial charge in [0.2, 0.25) is 5.90 Å². The maximum atomic E-state index is 9.98. The second-order valence-corrected chi connectivity index (χ2v) is 7.27. The lowest BCUT2D eigenvalue weighted by Crippen LogP contribution is -2.58. The number of ether oxygens (including phenoxy) is 3. The molecule has 1 saturated heterocycles. The number of nitrogens with zero attached hydrogens (tertiary/aromatic N) is 1. The molecule has 0 aliphatic carbocycles. The molecule has 0 bridgehead atoms. The Hall–Kier alpha value is -0.580. The number of alkyl halides is 3. The molecule has 2 heterocycles. The second-order valence-electron chi connectivity index (χ2n) is 4.99. The SMILES string of the molecule is OC[C@H]1OC(N=C(OC2C=CC=CO2)C(Cl)(Cl)Cl)[C@H](O)[C@@H](O)[C@@H]1O. The van der Waals surface area contributed by atoms with Crippen LogP contribution in [0.25, 0.3) is 0 Å². The molecule has 2 unspecified atom stereocenters. The van der Waals surface area contributed by atoms with Gasteiger partial charge in [0.1, 0.15) is 24.4 Å². The molecule has 0 aromatic heterocycles. The van der Waals surface area contributed by atoms with Crippen molar-refractivity contribution in [1.29, 1.82) is 0 Å². The Morgan fingerprint density at radius 1 is 1.12 bits per heavy atom. The maximum absolute atomic E-state index is 9.98. The lowest BCUT2D eigenvalue weighted by atomic mass is 9.99. The van der Waals surface area contributed by atoms with Gasteiger partial charge >= 0.3 is 0 Å². The zero-order valence-corrected chi connectivity index (χ0v) is 14.3. The van der Waals surface area contributed by atoms with Crippen LogP contribution in [0.3, 0.4) is 0 Å². The van der Waals surface area contributed by atoms with Gasteiger partial charge in [-0.05, 0) is 12.2 Å². The summed E-state index contributed by atoms with van der Waals surface area (Å²) in [4.78, 5) is 3.87. The molecule has 0 amide bonds. The maximum Gasteiger partial charge on any atom is 0.266 e. The Labute approximate surface area is 152 Å². The molecule has 0 aromatic carbocycles. The topological polar surface area (TPSA) is 121 Å². The van der Waals surface area contributed by atoms with Gasteiger partial charge in [0, 0.05) is 0 Å². The summed E-state index contributed by atoms with van der Waals surface area (Å²) in [5, 5.41) is 38.6. The van der Waals surface area contributed by atoms with Crippen LogP contribution in [0.4, 0.5) is 0 Å². The van der Waals surface area contributed by atoms with E-state index in [2.05, 4.69) is 4.99 Å². The van der Waals surface area contributed by atoms with Crippen molar-refractivity contribution in [3.63, 3.8) is 0 Å². The highest BCUT2D eigenvalue weighted by atomic mass is 35.6. The van der Waals surface area contributed by atoms with E-state index in [1.807, 2.05) is 0 Å². The smallest absolute Gasteiger partial charge is 0.266 e. The minimum atomic E-state index is -2.11. The van der Waals surface area contributed by atoms with Crippen LogP contribution in [0.15, 0.2) is 29.5 Å². The van der Waals surface area contributed by atoms with Gasteiger partial charge in [-0.2, -0.15) is 0 Å². The average molecular weight is 405 g/mol. The van der Waals surface area contributed by atoms with Gasteiger partial charge in [0.25, 0.3) is 10.1 Å². The van der Waals surface area contributed by atoms with Gasteiger partial charge in [0.15, 0.2) is 6.23 Å². The highest BCUT2D eigenvalue weighted by Gasteiger charge is 2.45. The van der Waals surface area contributed by atoms with E-state index in [4.69, 9.17) is 54.1 Å². The van der Waals surface area contributed by atoms with E-state index in [0.29, 0.717) is 0 Å². The molecule has 136 valence electrons. The molecule has 8 nitrogen and oxygen atoms in total. The fraction of sp³-hybridized carbons (Fsp3) is 0.615. The van der Waals surface area contributed by atoms with Crippen molar-refractivity contribution in [2.45, 2.75) is 40.7 Å². The summed E-state index contributed by atoms with van der Waals surface area (Å²) in [6, 6.07) is 0. The van der Waals surface area contributed by atoms with E-state index in [-0.39, 0.29) is 0 Å². The third-order valence-corrected chi connectivity index (χ3v) is 3.74. The molecule has 2 rings (SSSR count). The third-order valence-electron chi connectivity index (χ3n) is 3.25. The van der Waals surface area contributed by atoms with Crippen molar-refractivity contribution >= 4 is 40.7 Å².